The van der Waals surface area contributed by atoms with Crippen LogP contribution < -0.4 is 0 Å². The molecule has 0 aliphatic carbocycles. The highest BCUT2D eigenvalue weighted by atomic mass is 32.1. The van der Waals surface area contributed by atoms with Gasteiger partial charge in [-0.3, -0.25) is 0 Å². The summed E-state index contributed by atoms with van der Waals surface area (Å²) in [6, 6.07) is 67.1. The van der Waals surface area contributed by atoms with E-state index in [4.69, 9.17) is 0 Å². The van der Waals surface area contributed by atoms with Crippen LogP contribution in [0.2, 0.25) is 0 Å². The van der Waals surface area contributed by atoms with Crippen LogP contribution in [0.5, 0.6) is 0 Å². The van der Waals surface area contributed by atoms with Crippen LogP contribution >= 0.6 is 68.0 Å². The molecule has 0 fully saturated rings. The molecule has 0 aliphatic heterocycles. The van der Waals surface area contributed by atoms with Gasteiger partial charge in [-0.1, -0.05) is 349 Å². The first-order valence-electron chi connectivity index (χ1n) is 35.0. The highest BCUT2D eigenvalue weighted by molar-refractivity contribution is 7.36. The molecule has 0 aliphatic rings. The molecular formula is C84H128S6. The summed E-state index contributed by atoms with van der Waals surface area (Å²) in [7, 11) is 0. The molecule has 0 saturated heterocycles. The quantitative estimate of drug-likeness (QED) is 0.142. The maximum Gasteiger partial charge on any atom is 0.0542 e. The summed E-state index contributed by atoms with van der Waals surface area (Å²) >= 11 is 11.3. The zero-order chi connectivity index (χ0) is 70.4. The SMILES string of the molecule is CC.CC.CC.CC.CC.CC.CC.CC.CC.CC.CC.CC.CC.CC.CC.CC.c1ccc2c(c1)sc1c3ccccc3sc21.c1ccc2c(c1)sc1cc3c(cc12)sc1ccccc13.c1ccc2c(c1)sc1ccccc12.c1ccc2sccc2c1. The number of hydrogen-bond donors (Lipinski definition) is 0. The lowest BCUT2D eigenvalue weighted by Crippen LogP contribution is -1.67. The third-order valence-electron chi connectivity index (χ3n) is 10.4. The molecule has 8 aromatic carbocycles. The van der Waals surface area contributed by atoms with Gasteiger partial charge < -0.3 is 0 Å². The number of benzene rings is 8. The average Bonchev–Trinajstić information content (AvgIpc) is 1.63. The van der Waals surface area contributed by atoms with Gasteiger partial charge in [0.2, 0.25) is 0 Å². The Morgan fingerprint density at radius 3 is 0.633 bits per heavy atom. The molecule has 0 N–H and O–H groups in total. The van der Waals surface area contributed by atoms with E-state index in [0.29, 0.717) is 0 Å². The van der Waals surface area contributed by atoms with Gasteiger partial charge in [0.25, 0.3) is 0 Å². The summed E-state index contributed by atoms with van der Waals surface area (Å²) in [6.45, 7) is 64.0. The van der Waals surface area contributed by atoms with E-state index in [9.17, 15) is 0 Å². The zero-order valence-corrected chi connectivity index (χ0v) is 67.8. The van der Waals surface area contributed by atoms with E-state index in [1.165, 1.54) is 100 Å². The van der Waals surface area contributed by atoms with Crippen molar-refractivity contribution in [1.82, 2.24) is 0 Å². The average molecular weight is 1330 g/mol. The molecule has 0 nitrogen and oxygen atoms in total. The van der Waals surface area contributed by atoms with Crippen molar-refractivity contribution in [3.63, 3.8) is 0 Å². The Balaban J connectivity index is -0.000000231. The van der Waals surface area contributed by atoms with Crippen LogP contribution in [-0.2, 0) is 0 Å². The normalized spacial score (nSPS) is 8.44. The molecule has 6 heterocycles. The highest BCUT2D eigenvalue weighted by Gasteiger charge is 2.12. The van der Waals surface area contributed by atoms with Crippen molar-refractivity contribution in [2.24, 2.45) is 0 Å². The summed E-state index contributed by atoms with van der Waals surface area (Å²) in [6.07, 6.45) is 0. The summed E-state index contributed by atoms with van der Waals surface area (Å²) < 4.78 is 15.4. The standard InChI is InChI=1S/C18H10S2.C14H8S2.C12H8S.C8H6S.16C2H6/c1-3-7-15-11(5-1)13-9-18-14(10-17(13)19-15)12-6-2-4-8-16(12)20-18;1-3-7-11-9(5-1)13-14(15-11)10-6-2-4-8-12(10)16-13;1-3-7-11-9(5-1)10-6-2-4-8-12(10)13-11;1-2-4-8-7(3-1)5-6-9-8;16*1-2/h1-10H;1-8H;1-8H;1-6H;16*1-2H3. The Morgan fingerprint density at radius 2 is 0.367 bits per heavy atom. The van der Waals surface area contributed by atoms with Gasteiger partial charge in [-0.25, -0.2) is 0 Å². The van der Waals surface area contributed by atoms with Crippen molar-refractivity contribution in [2.45, 2.75) is 222 Å². The molecule has 14 rings (SSSR count). The molecule has 0 spiro atoms. The summed E-state index contributed by atoms with van der Waals surface area (Å²) in [4.78, 5) is 0. The second-order valence-corrected chi connectivity index (χ2v) is 20.3. The summed E-state index contributed by atoms with van der Waals surface area (Å²) in [5.41, 5.74) is 0. The fourth-order valence-electron chi connectivity index (χ4n) is 7.68. The first-order chi connectivity index (χ1) is 44.7. The Labute approximate surface area is 578 Å². The van der Waals surface area contributed by atoms with Gasteiger partial charge in [-0.2, -0.15) is 0 Å². The van der Waals surface area contributed by atoms with Crippen molar-refractivity contribution in [3.8, 4) is 0 Å². The molecule has 0 saturated carbocycles. The minimum absolute atomic E-state index is 1.35. The van der Waals surface area contributed by atoms with E-state index in [1.54, 1.807) is 11.3 Å². The van der Waals surface area contributed by atoms with Gasteiger partial charge in [0.05, 0.1) is 9.40 Å². The third-order valence-corrected chi connectivity index (χ3v) is 17.3. The fourth-order valence-corrected chi connectivity index (χ4v) is 14.5. The van der Waals surface area contributed by atoms with Gasteiger partial charge in [0.15, 0.2) is 0 Å². The highest BCUT2D eigenvalue weighted by Crippen LogP contribution is 2.44. The van der Waals surface area contributed by atoms with Crippen molar-refractivity contribution in [1.29, 1.82) is 0 Å². The molecule has 6 aromatic heterocycles. The molecular weight excluding hydrogens is 1200 g/mol. The van der Waals surface area contributed by atoms with E-state index in [2.05, 4.69) is 193 Å². The van der Waals surface area contributed by atoms with Gasteiger partial charge in [0, 0.05) is 85.4 Å². The van der Waals surface area contributed by atoms with Crippen molar-refractivity contribution < 1.29 is 0 Å². The Hall–Kier alpha value is -5.44. The van der Waals surface area contributed by atoms with E-state index < -0.39 is 0 Å². The van der Waals surface area contributed by atoms with Crippen LogP contribution in [0.25, 0.3) is 100 Å². The monoisotopic (exact) mass is 1330 g/mol. The summed E-state index contributed by atoms with van der Waals surface area (Å²) in [5, 5.41) is 14.6. The van der Waals surface area contributed by atoms with Crippen LogP contribution in [0.3, 0.4) is 0 Å². The Bertz CT molecular complexity index is 3480. The molecule has 14 aromatic rings. The Morgan fingerprint density at radius 1 is 0.167 bits per heavy atom. The van der Waals surface area contributed by atoms with E-state index in [1.807, 2.05) is 278 Å². The van der Waals surface area contributed by atoms with E-state index in [0.717, 1.165) is 0 Å². The topological polar surface area (TPSA) is 0 Å². The minimum atomic E-state index is 1.35. The van der Waals surface area contributed by atoms with Gasteiger partial charge in [0.1, 0.15) is 0 Å². The smallest absolute Gasteiger partial charge is 0.0542 e. The largest absolute Gasteiger partial charge is 0.144 e. The molecule has 0 atom stereocenters. The molecule has 90 heavy (non-hydrogen) atoms. The van der Waals surface area contributed by atoms with Crippen LogP contribution in [0.4, 0.5) is 0 Å². The first-order valence-corrected chi connectivity index (χ1v) is 40.0. The predicted octanol–water partition coefficient (Wildman–Crippen LogP) is 35.1. The lowest BCUT2D eigenvalue weighted by atomic mass is 10.1. The van der Waals surface area contributed by atoms with Crippen molar-refractivity contribution in [3.05, 3.63) is 193 Å². The maximum absolute atomic E-state index is 2.37. The van der Waals surface area contributed by atoms with E-state index >= 15 is 0 Å². The summed E-state index contributed by atoms with van der Waals surface area (Å²) in [5.74, 6) is 0. The van der Waals surface area contributed by atoms with Gasteiger partial charge in [-0.05, 0) is 71.4 Å². The fraction of sp³-hybridized carbons (Fsp3) is 0.381. The lowest BCUT2D eigenvalue weighted by molar-refractivity contribution is 1.50. The first kappa shape index (κ1) is 95.7. The lowest BCUT2D eigenvalue weighted by Gasteiger charge is -1.93. The van der Waals surface area contributed by atoms with Crippen LogP contribution in [0, 0.1) is 0 Å². The van der Waals surface area contributed by atoms with Crippen LogP contribution in [-0.4, -0.2) is 0 Å². The van der Waals surface area contributed by atoms with Gasteiger partial charge >= 0.3 is 0 Å². The third kappa shape index (κ3) is 29.0. The van der Waals surface area contributed by atoms with Crippen LogP contribution in [0.1, 0.15) is 222 Å². The number of thiophene rings is 6. The number of fused-ring (bicyclic) bond motifs is 15. The van der Waals surface area contributed by atoms with Gasteiger partial charge in [-0.15, -0.1) is 68.0 Å². The van der Waals surface area contributed by atoms with Crippen molar-refractivity contribution in [2.75, 3.05) is 0 Å². The molecule has 0 bridgehead atoms. The van der Waals surface area contributed by atoms with Crippen LogP contribution in [0.15, 0.2) is 193 Å². The predicted molar refractivity (Wildman–Crippen MR) is 450 cm³/mol. The molecule has 0 unspecified atom stereocenters. The van der Waals surface area contributed by atoms with Crippen molar-refractivity contribution >= 4 is 168 Å². The molecule has 6 heteroatoms. The number of rotatable bonds is 0. The molecule has 0 amide bonds. The second-order valence-electron chi connectivity index (χ2n) is 13.9. The molecule has 0 radical (unpaired) electrons. The second kappa shape index (κ2) is 66.5. The molecule has 500 valence electrons. The maximum atomic E-state index is 2.37. The Kier molecular flexibility index (Phi) is 70.7. The van der Waals surface area contributed by atoms with E-state index in [-0.39, 0.29) is 0 Å². The minimum Gasteiger partial charge on any atom is -0.144 e. The number of hydrogen-bond acceptors (Lipinski definition) is 6. The zero-order valence-electron chi connectivity index (χ0n) is 62.9.